The van der Waals surface area contributed by atoms with Gasteiger partial charge in [0.05, 0.1) is 0 Å². The first-order valence-electron chi connectivity index (χ1n) is 8.08. The van der Waals surface area contributed by atoms with Gasteiger partial charge in [-0.2, -0.15) is 0 Å². The van der Waals surface area contributed by atoms with Crippen LogP contribution in [-0.4, -0.2) is 18.5 Å². The Labute approximate surface area is 142 Å². The highest BCUT2D eigenvalue weighted by atomic mass is 16.2. The summed E-state index contributed by atoms with van der Waals surface area (Å²) < 4.78 is 0. The molecule has 5 nitrogen and oxygen atoms in total. The Morgan fingerprint density at radius 2 is 1.71 bits per heavy atom. The van der Waals surface area contributed by atoms with Crippen molar-refractivity contribution < 1.29 is 9.59 Å². The Bertz CT molecular complexity index is 699. The van der Waals surface area contributed by atoms with Crippen molar-refractivity contribution >= 4 is 23.3 Å². The average Bonchev–Trinajstić information content (AvgIpc) is 2.57. The third kappa shape index (κ3) is 5.12. The van der Waals surface area contributed by atoms with Gasteiger partial charge in [0.1, 0.15) is 0 Å². The summed E-state index contributed by atoms with van der Waals surface area (Å²) >= 11 is 0. The summed E-state index contributed by atoms with van der Waals surface area (Å²) in [5, 5.41) is 8.33. The molecule has 0 atom stereocenters. The van der Waals surface area contributed by atoms with Gasteiger partial charge in [-0.05, 0) is 36.6 Å². The number of hydrogen-bond acceptors (Lipinski definition) is 2. The topological polar surface area (TPSA) is 70.2 Å². The molecule has 0 saturated carbocycles. The monoisotopic (exact) mass is 325 g/mol. The van der Waals surface area contributed by atoms with Crippen LogP contribution in [0.5, 0.6) is 0 Å². The first-order valence-corrected chi connectivity index (χ1v) is 8.08. The van der Waals surface area contributed by atoms with Gasteiger partial charge in [0.15, 0.2) is 0 Å². The van der Waals surface area contributed by atoms with Crippen molar-refractivity contribution in [3.05, 3.63) is 59.7 Å². The van der Waals surface area contributed by atoms with Crippen molar-refractivity contribution in [2.24, 2.45) is 0 Å². The molecule has 2 aromatic rings. The molecule has 3 N–H and O–H groups in total. The van der Waals surface area contributed by atoms with Gasteiger partial charge in [0, 0.05) is 24.3 Å². The van der Waals surface area contributed by atoms with Crippen LogP contribution in [0.2, 0.25) is 0 Å². The molecule has 0 unspecified atom stereocenters. The summed E-state index contributed by atoms with van der Waals surface area (Å²) in [5.74, 6) is -0.112. The summed E-state index contributed by atoms with van der Waals surface area (Å²) in [4.78, 5) is 23.8. The first-order chi connectivity index (χ1) is 11.6. The molecular weight excluding hydrogens is 302 g/mol. The number of para-hydroxylation sites is 2. The fraction of sp³-hybridized carbons (Fsp3) is 0.263. The molecule has 0 aromatic heterocycles. The average molecular weight is 325 g/mol. The fourth-order valence-corrected chi connectivity index (χ4v) is 2.39. The fourth-order valence-electron chi connectivity index (χ4n) is 2.39. The standard InChI is InChI=1S/C19H23N3O2/c1-3-15-9-7-8-14(2)18(15)22-17(23)12-13-20-19(24)21-16-10-5-4-6-11-16/h4-11H,3,12-13H2,1-2H3,(H,22,23)(H2,20,21,24). The van der Waals surface area contributed by atoms with Crippen LogP contribution in [0.3, 0.4) is 0 Å². The van der Waals surface area contributed by atoms with E-state index in [1.807, 2.05) is 43.3 Å². The minimum Gasteiger partial charge on any atom is -0.337 e. The SMILES string of the molecule is CCc1cccc(C)c1NC(=O)CCNC(=O)Nc1ccccc1. The summed E-state index contributed by atoms with van der Waals surface area (Å²) in [6.45, 7) is 4.30. The van der Waals surface area contributed by atoms with Crippen LogP contribution >= 0.6 is 0 Å². The van der Waals surface area contributed by atoms with Crippen molar-refractivity contribution in [3.63, 3.8) is 0 Å². The van der Waals surface area contributed by atoms with Gasteiger partial charge in [-0.1, -0.05) is 43.3 Å². The Kier molecular flexibility index (Phi) is 6.37. The van der Waals surface area contributed by atoms with Crippen molar-refractivity contribution in [2.45, 2.75) is 26.7 Å². The molecule has 2 rings (SSSR count). The smallest absolute Gasteiger partial charge is 0.319 e. The van der Waals surface area contributed by atoms with E-state index < -0.39 is 0 Å². The number of carbonyl (C=O) groups is 2. The number of amides is 3. The van der Waals surface area contributed by atoms with E-state index in [1.165, 1.54) is 0 Å². The number of anilines is 2. The van der Waals surface area contributed by atoms with Crippen LogP contribution in [0, 0.1) is 6.92 Å². The molecular formula is C19H23N3O2. The number of hydrogen-bond donors (Lipinski definition) is 3. The van der Waals surface area contributed by atoms with Gasteiger partial charge in [0.25, 0.3) is 0 Å². The number of carbonyl (C=O) groups excluding carboxylic acids is 2. The van der Waals surface area contributed by atoms with Crippen LogP contribution in [0.15, 0.2) is 48.5 Å². The molecule has 24 heavy (non-hydrogen) atoms. The van der Waals surface area contributed by atoms with Crippen LogP contribution in [0.1, 0.15) is 24.5 Å². The lowest BCUT2D eigenvalue weighted by Crippen LogP contribution is -2.31. The normalized spacial score (nSPS) is 10.1. The molecule has 3 amide bonds. The van der Waals surface area contributed by atoms with Gasteiger partial charge in [-0.3, -0.25) is 4.79 Å². The van der Waals surface area contributed by atoms with Gasteiger partial charge in [-0.25, -0.2) is 4.79 Å². The Morgan fingerprint density at radius 3 is 2.42 bits per heavy atom. The zero-order valence-corrected chi connectivity index (χ0v) is 14.1. The largest absolute Gasteiger partial charge is 0.337 e. The lowest BCUT2D eigenvalue weighted by atomic mass is 10.1. The second kappa shape index (κ2) is 8.72. The highest BCUT2D eigenvalue weighted by Gasteiger charge is 2.09. The number of aryl methyl sites for hydroxylation is 2. The number of urea groups is 1. The molecule has 0 spiro atoms. The Hall–Kier alpha value is -2.82. The van der Waals surface area contributed by atoms with Crippen LogP contribution < -0.4 is 16.0 Å². The third-order valence-corrected chi connectivity index (χ3v) is 3.67. The van der Waals surface area contributed by atoms with Gasteiger partial charge >= 0.3 is 6.03 Å². The number of rotatable bonds is 6. The maximum Gasteiger partial charge on any atom is 0.319 e. The van der Waals surface area contributed by atoms with E-state index in [4.69, 9.17) is 0 Å². The summed E-state index contributed by atoms with van der Waals surface area (Å²) in [6, 6.07) is 14.8. The van der Waals surface area contributed by atoms with E-state index in [9.17, 15) is 9.59 Å². The quantitative estimate of drug-likeness (QED) is 0.758. The maximum atomic E-state index is 12.1. The molecule has 0 aliphatic carbocycles. The zero-order valence-electron chi connectivity index (χ0n) is 14.1. The first kappa shape index (κ1) is 17.5. The van der Waals surface area contributed by atoms with Gasteiger partial charge in [0.2, 0.25) is 5.91 Å². The minimum atomic E-state index is -0.320. The van der Waals surface area contributed by atoms with Crippen LogP contribution in [0.25, 0.3) is 0 Å². The van der Waals surface area contributed by atoms with Crippen molar-refractivity contribution in [1.82, 2.24) is 5.32 Å². The maximum absolute atomic E-state index is 12.1. The van der Waals surface area contributed by atoms with E-state index in [2.05, 4.69) is 22.9 Å². The second-order valence-corrected chi connectivity index (χ2v) is 5.51. The molecule has 2 aromatic carbocycles. The predicted octanol–water partition coefficient (Wildman–Crippen LogP) is 3.71. The molecule has 0 heterocycles. The van der Waals surface area contributed by atoms with E-state index in [-0.39, 0.29) is 24.9 Å². The summed E-state index contributed by atoms with van der Waals surface area (Å²) in [7, 11) is 0. The predicted molar refractivity (Wildman–Crippen MR) is 97.3 cm³/mol. The molecule has 0 saturated heterocycles. The van der Waals surface area contributed by atoms with E-state index in [1.54, 1.807) is 12.1 Å². The number of nitrogens with one attached hydrogen (secondary N) is 3. The van der Waals surface area contributed by atoms with Gasteiger partial charge < -0.3 is 16.0 Å². The molecule has 0 bridgehead atoms. The van der Waals surface area contributed by atoms with Crippen molar-refractivity contribution in [2.75, 3.05) is 17.2 Å². The summed E-state index contributed by atoms with van der Waals surface area (Å²) in [6.07, 6.45) is 1.08. The molecule has 0 radical (unpaired) electrons. The molecule has 0 fully saturated rings. The molecule has 5 heteroatoms. The van der Waals surface area contributed by atoms with Crippen molar-refractivity contribution in [3.8, 4) is 0 Å². The van der Waals surface area contributed by atoms with Crippen molar-refractivity contribution in [1.29, 1.82) is 0 Å². The molecule has 126 valence electrons. The van der Waals surface area contributed by atoms with Crippen LogP contribution in [-0.2, 0) is 11.2 Å². The Morgan fingerprint density at radius 1 is 0.958 bits per heavy atom. The third-order valence-electron chi connectivity index (χ3n) is 3.67. The van der Waals surface area contributed by atoms with E-state index >= 15 is 0 Å². The molecule has 0 aliphatic heterocycles. The second-order valence-electron chi connectivity index (χ2n) is 5.51. The highest BCUT2D eigenvalue weighted by Crippen LogP contribution is 2.21. The summed E-state index contributed by atoms with van der Waals surface area (Å²) in [5.41, 5.74) is 3.74. The van der Waals surface area contributed by atoms with Crippen LogP contribution in [0.4, 0.5) is 16.2 Å². The molecule has 0 aliphatic rings. The van der Waals surface area contributed by atoms with E-state index in [0.29, 0.717) is 5.69 Å². The van der Waals surface area contributed by atoms with Gasteiger partial charge in [-0.15, -0.1) is 0 Å². The number of benzene rings is 2. The lowest BCUT2D eigenvalue weighted by Gasteiger charge is -2.13. The zero-order chi connectivity index (χ0) is 17.4. The van der Waals surface area contributed by atoms with E-state index in [0.717, 1.165) is 23.2 Å². The lowest BCUT2D eigenvalue weighted by molar-refractivity contribution is -0.116. The Balaban J connectivity index is 1.79. The minimum absolute atomic E-state index is 0.112. The highest BCUT2D eigenvalue weighted by molar-refractivity contribution is 5.93.